The van der Waals surface area contributed by atoms with Gasteiger partial charge in [-0.3, -0.25) is 9.98 Å². The van der Waals surface area contributed by atoms with E-state index in [2.05, 4.69) is 29.5 Å². The minimum absolute atomic E-state index is 0. The lowest BCUT2D eigenvalue weighted by molar-refractivity contribution is 0.534. The van der Waals surface area contributed by atoms with Crippen molar-refractivity contribution < 1.29 is 4.39 Å². The quantitative estimate of drug-likeness (QED) is 0.367. The van der Waals surface area contributed by atoms with Gasteiger partial charge < -0.3 is 10.6 Å². The van der Waals surface area contributed by atoms with Crippen molar-refractivity contribution in [2.45, 2.75) is 32.6 Å². The molecule has 2 rings (SSSR count). The zero-order valence-electron chi connectivity index (χ0n) is 15.6. The Morgan fingerprint density at radius 2 is 1.85 bits per heavy atom. The summed E-state index contributed by atoms with van der Waals surface area (Å²) in [5.41, 5.74) is 1.95. The van der Waals surface area contributed by atoms with Gasteiger partial charge in [0.1, 0.15) is 5.82 Å². The molecule has 0 atom stereocenters. The Balaban J connectivity index is 0.00000338. The molecule has 0 saturated heterocycles. The highest BCUT2D eigenvalue weighted by atomic mass is 127. The lowest BCUT2D eigenvalue weighted by Crippen LogP contribution is -2.39. The fourth-order valence-electron chi connectivity index (χ4n) is 2.47. The molecule has 26 heavy (non-hydrogen) atoms. The summed E-state index contributed by atoms with van der Waals surface area (Å²) >= 11 is 0. The highest BCUT2D eigenvalue weighted by Gasteiger charge is 2.20. The van der Waals surface area contributed by atoms with E-state index < -0.39 is 0 Å². The summed E-state index contributed by atoms with van der Waals surface area (Å²) in [4.78, 5) is 9.02. The van der Waals surface area contributed by atoms with Crippen molar-refractivity contribution in [3.8, 4) is 0 Å². The molecule has 0 saturated carbocycles. The molecule has 0 aliphatic rings. The Morgan fingerprint density at radius 1 is 1.12 bits per heavy atom. The van der Waals surface area contributed by atoms with E-state index in [1.54, 1.807) is 6.20 Å². The van der Waals surface area contributed by atoms with E-state index in [0.717, 1.165) is 36.7 Å². The number of guanidine groups is 1. The molecule has 1 aromatic carbocycles. The van der Waals surface area contributed by atoms with Crippen LogP contribution < -0.4 is 10.6 Å². The number of benzene rings is 1. The van der Waals surface area contributed by atoms with Gasteiger partial charge in [-0.05, 0) is 36.8 Å². The maximum atomic E-state index is 13.1. The maximum absolute atomic E-state index is 13.1. The molecular formula is C20H28FIN4. The Kier molecular flexibility index (Phi) is 9.54. The average molecular weight is 470 g/mol. The zero-order valence-corrected chi connectivity index (χ0v) is 18.0. The number of aromatic nitrogens is 1. The van der Waals surface area contributed by atoms with E-state index in [4.69, 9.17) is 4.99 Å². The summed E-state index contributed by atoms with van der Waals surface area (Å²) in [5.74, 6) is 0.571. The Morgan fingerprint density at radius 3 is 2.46 bits per heavy atom. The van der Waals surface area contributed by atoms with Crippen LogP contribution in [-0.4, -0.2) is 30.6 Å². The first-order valence-corrected chi connectivity index (χ1v) is 8.69. The lowest BCUT2D eigenvalue weighted by Gasteiger charge is -2.24. The third-order valence-corrected chi connectivity index (χ3v) is 4.00. The number of hydrogen-bond donors (Lipinski definition) is 2. The maximum Gasteiger partial charge on any atom is 0.191 e. The molecule has 0 unspecified atom stereocenters. The van der Waals surface area contributed by atoms with Crippen LogP contribution in [0.2, 0.25) is 0 Å². The van der Waals surface area contributed by atoms with E-state index in [1.165, 1.54) is 12.1 Å². The van der Waals surface area contributed by atoms with Crippen molar-refractivity contribution >= 4 is 29.9 Å². The summed E-state index contributed by atoms with van der Waals surface area (Å²) in [6, 6.07) is 12.6. The molecule has 0 radical (unpaired) electrons. The van der Waals surface area contributed by atoms with Gasteiger partial charge in [-0.2, -0.15) is 0 Å². The molecule has 0 fully saturated rings. The average Bonchev–Trinajstić information content (AvgIpc) is 2.61. The van der Waals surface area contributed by atoms with Crippen LogP contribution >= 0.6 is 24.0 Å². The van der Waals surface area contributed by atoms with Gasteiger partial charge in [0, 0.05) is 36.8 Å². The molecule has 2 N–H and O–H groups in total. The van der Waals surface area contributed by atoms with Crippen LogP contribution in [0, 0.1) is 5.82 Å². The number of nitrogens with one attached hydrogen (secondary N) is 2. The first kappa shape index (κ1) is 22.3. The number of halogens is 2. The zero-order chi connectivity index (χ0) is 18.1. The van der Waals surface area contributed by atoms with Crippen LogP contribution in [0.4, 0.5) is 4.39 Å². The van der Waals surface area contributed by atoms with Gasteiger partial charge in [0.05, 0.1) is 6.54 Å². The van der Waals surface area contributed by atoms with E-state index in [1.807, 2.05) is 37.3 Å². The molecule has 0 amide bonds. The largest absolute Gasteiger partial charge is 0.357 e. The molecule has 4 nitrogen and oxygen atoms in total. The van der Waals surface area contributed by atoms with Crippen LogP contribution in [0.25, 0.3) is 0 Å². The molecule has 0 spiro atoms. The second-order valence-electron chi connectivity index (χ2n) is 6.58. The van der Waals surface area contributed by atoms with Crippen molar-refractivity contribution in [1.29, 1.82) is 0 Å². The number of aliphatic imine (C=N–C) groups is 1. The van der Waals surface area contributed by atoms with Crippen molar-refractivity contribution in [2.75, 3.05) is 19.6 Å². The second-order valence-corrected chi connectivity index (χ2v) is 6.58. The predicted octanol–water partition coefficient (Wildman–Crippen LogP) is 3.91. The van der Waals surface area contributed by atoms with E-state index in [-0.39, 0.29) is 35.2 Å². The molecule has 0 bridgehead atoms. The Labute approximate surface area is 172 Å². The van der Waals surface area contributed by atoms with E-state index in [0.29, 0.717) is 6.54 Å². The van der Waals surface area contributed by atoms with E-state index in [9.17, 15) is 4.39 Å². The number of rotatable bonds is 7. The van der Waals surface area contributed by atoms with Crippen LogP contribution in [0.1, 0.15) is 32.0 Å². The Hall–Kier alpha value is -1.70. The standard InChI is InChI=1S/C20H27FN4.HI/c1-4-22-19(24-14-12-18-7-5-6-13-23-18)25-15-20(2,3)16-8-10-17(21)11-9-16;/h5-11,13H,4,12,14-15H2,1-3H3,(H2,22,24,25);1H. The van der Waals surface area contributed by atoms with Crippen LogP contribution in [0.5, 0.6) is 0 Å². The third-order valence-electron chi connectivity index (χ3n) is 4.00. The first-order valence-electron chi connectivity index (χ1n) is 8.69. The second kappa shape index (κ2) is 11.1. The fourth-order valence-corrected chi connectivity index (χ4v) is 2.47. The Bertz CT molecular complexity index is 672. The molecule has 0 aliphatic heterocycles. The highest BCUT2D eigenvalue weighted by molar-refractivity contribution is 14.0. The van der Waals surface area contributed by atoms with Gasteiger partial charge >= 0.3 is 0 Å². The normalized spacial score (nSPS) is 11.6. The van der Waals surface area contributed by atoms with Crippen molar-refractivity contribution in [3.05, 3.63) is 65.7 Å². The van der Waals surface area contributed by atoms with Crippen LogP contribution in [0.3, 0.4) is 0 Å². The SMILES string of the molecule is CCNC(=NCC(C)(C)c1ccc(F)cc1)NCCc1ccccn1.I. The summed E-state index contributed by atoms with van der Waals surface area (Å²) in [5, 5.41) is 6.60. The van der Waals surface area contributed by atoms with Gasteiger partial charge in [-0.25, -0.2) is 4.39 Å². The smallest absolute Gasteiger partial charge is 0.191 e. The summed E-state index contributed by atoms with van der Waals surface area (Å²) in [6.07, 6.45) is 2.65. The number of nitrogens with zero attached hydrogens (tertiary/aromatic N) is 2. The molecule has 1 heterocycles. The van der Waals surface area contributed by atoms with Crippen LogP contribution in [-0.2, 0) is 11.8 Å². The predicted molar refractivity (Wildman–Crippen MR) is 117 cm³/mol. The van der Waals surface area contributed by atoms with E-state index >= 15 is 0 Å². The molecular weight excluding hydrogens is 442 g/mol. The van der Waals surface area contributed by atoms with Crippen molar-refractivity contribution in [2.24, 2.45) is 4.99 Å². The summed E-state index contributed by atoms with van der Waals surface area (Å²) < 4.78 is 13.1. The molecule has 142 valence electrons. The fraction of sp³-hybridized carbons (Fsp3) is 0.400. The van der Waals surface area contributed by atoms with Crippen molar-refractivity contribution in [1.82, 2.24) is 15.6 Å². The van der Waals surface area contributed by atoms with Gasteiger partial charge in [0.25, 0.3) is 0 Å². The van der Waals surface area contributed by atoms with Crippen molar-refractivity contribution in [3.63, 3.8) is 0 Å². The monoisotopic (exact) mass is 470 g/mol. The minimum atomic E-state index is -0.215. The highest BCUT2D eigenvalue weighted by Crippen LogP contribution is 2.23. The molecule has 6 heteroatoms. The first-order chi connectivity index (χ1) is 12.0. The molecule has 0 aliphatic carbocycles. The third kappa shape index (κ3) is 7.27. The van der Waals surface area contributed by atoms with Gasteiger partial charge in [0.2, 0.25) is 0 Å². The lowest BCUT2D eigenvalue weighted by atomic mass is 9.85. The molecule has 1 aromatic heterocycles. The van der Waals surface area contributed by atoms with Gasteiger partial charge in [0.15, 0.2) is 5.96 Å². The number of pyridine rings is 1. The summed E-state index contributed by atoms with van der Waals surface area (Å²) in [7, 11) is 0. The van der Waals surface area contributed by atoms with Gasteiger partial charge in [-0.1, -0.05) is 32.0 Å². The minimum Gasteiger partial charge on any atom is -0.357 e. The number of hydrogen-bond acceptors (Lipinski definition) is 2. The summed E-state index contributed by atoms with van der Waals surface area (Å²) in [6.45, 7) is 8.44. The molecule has 2 aromatic rings. The van der Waals surface area contributed by atoms with Gasteiger partial charge in [-0.15, -0.1) is 24.0 Å². The topological polar surface area (TPSA) is 49.3 Å². The van der Waals surface area contributed by atoms with Crippen LogP contribution in [0.15, 0.2) is 53.7 Å².